The summed E-state index contributed by atoms with van der Waals surface area (Å²) in [5.74, 6) is 0. The molecule has 0 N–H and O–H groups in total. The molecule has 2 aromatic rings. The topological polar surface area (TPSA) is 12.9 Å². The van der Waals surface area contributed by atoms with Crippen LogP contribution in [0.3, 0.4) is 0 Å². The lowest BCUT2D eigenvalue weighted by Gasteiger charge is -2.13. The van der Waals surface area contributed by atoms with Gasteiger partial charge in [-0.3, -0.25) is 4.98 Å². The molecule has 1 heterocycles. The van der Waals surface area contributed by atoms with Gasteiger partial charge in [0, 0.05) is 11.8 Å². The lowest BCUT2D eigenvalue weighted by molar-refractivity contribution is -0.137. The van der Waals surface area contributed by atoms with Crippen LogP contribution in [0.25, 0.3) is 11.3 Å². The van der Waals surface area contributed by atoms with Gasteiger partial charge in [-0.25, -0.2) is 0 Å². The van der Waals surface area contributed by atoms with Crippen LogP contribution in [-0.4, -0.2) is 4.98 Å². The number of hydrogen-bond acceptors (Lipinski definition) is 1. The summed E-state index contributed by atoms with van der Waals surface area (Å²) < 4.78 is 39.0. The quantitative estimate of drug-likeness (QED) is 0.491. The van der Waals surface area contributed by atoms with Crippen molar-refractivity contribution in [3.8, 4) is 11.3 Å². The molecule has 0 spiro atoms. The van der Waals surface area contributed by atoms with E-state index in [9.17, 15) is 13.2 Å². The van der Waals surface area contributed by atoms with Gasteiger partial charge in [0.25, 0.3) is 0 Å². The van der Waals surface area contributed by atoms with E-state index in [0.29, 0.717) is 6.42 Å². The number of halogens is 3. The molecule has 2 rings (SSSR count). The second-order valence-corrected chi connectivity index (χ2v) is 6.10. The minimum Gasteiger partial charge on any atom is -0.256 e. The standard InChI is InChI=1S/C20H24F3N/c1-2-3-4-5-6-7-10-16-15-17(20(21,22)23)12-13-18(16)19-11-8-9-14-24-19/h8-9,11-15H,2-7,10H2,1H3. The SMILES string of the molecule is CCCCCCCCc1cc(C(F)(F)F)ccc1-c1ccccn1. The van der Waals surface area contributed by atoms with Crippen molar-refractivity contribution in [3.63, 3.8) is 0 Å². The number of rotatable bonds is 8. The van der Waals surface area contributed by atoms with Crippen molar-refractivity contribution in [1.82, 2.24) is 4.98 Å². The van der Waals surface area contributed by atoms with Gasteiger partial charge in [-0.05, 0) is 42.7 Å². The van der Waals surface area contributed by atoms with E-state index in [1.165, 1.54) is 25.3 Å². The monoisotopic (exact) mass is 335 g/mol. The van der Waals surface area contributed by atoms with E-state index >= 15 is 0 Å². The third kappa shape index (κ3) is 5.36. The largest absolute Gasteiger partial charge is 0.416 e. The molecule has 1 aromatic heterocycles. The molecule has 0 aliphatic heterocycles. The first-order valence-electron chi connectivity index (χ1n) is 8.64. The van der Waals surface area contributed by atoms with Gasteiger partial charge in [0.05, 0.1) is 11.3 Å². The van der Waals surface area contributed by atoms with E-state index in [4.69, 9.17) is 0 Å². The Bertz CT molecular complexity index is 621. The molecule has 4 heteroatoms. The van der Waals surface area contributed by atoms with Crippen LogP contribution in [0.4, 0.5) is 13.2 Å². The lowest BCUT2D eigenvalue weighted by Crippen LogP contribution is -2.06. The summed E-state index contributed by atoms with van der Waals surface area (Å²) >= 11 is 0. The molecule has 1 aromatic carbocycles. The molecule has 0 aliphatic carbocycles. The number of pyridine rings is 1. The Labute approximate surface area is 141 Å². The fraction of sp³-hybridized carbons (Fsp3) is 0.450. The normalized spacial score (nSPS) is 11.7. The van der Waals surface area contributed by atoms with Gasteiger partial charge in [0.2, 0.25) is 0 Å². The van der Waals surface area contributed by atoms with Gasteiger partial charge >= 0.3 is 6.18 Å². The molecular weight excluding hydrogens is 311 g/mol. The van der Waals surface area contributed by atoms with Crippen molar-refractivity contribution < 1.29 is 13.2 Å². The van der Waals surface area contributed by atoms with Gasteiger partial charge in [-0.1, -0.05) is 51.2 Å². The first-order chi connectivity index (χ1) is 11.5. The molecule has 0 radical (unpaired) electrons. The molecule has 0 aliphatic rings. The molecule has 0 unspecified atom stereocenters. The number of aromatic nitrogens is 1. The first-order valence-corrected chi connectivity index (χ1v) is 8.64. The molecule has 1 nitrogen and oxygen atoms in total. The van der Waals surface area contributed by atoms with Crippen molar-refractivity contribution in [2.24, 2.45) is 0 Å². The highest BCUT2D eigenvalue weighted by Gasteiger charge is 2.31. The zero-order valence-corrected chi connectivity index (χ0v) is 14.1. The summed E-state index contributed by atoms with van der Waals surface area (Å²) in [6.45, 7) is 2.17. The molecule has 24 heavy (non-hydrogen) atoms. The molecule has 0 saturated heterocycles. The van der Waals surface area contributed by atoms with E-state index in [1.54, 1.807) is 18.3 Å². The van der Waals surface area contributed by atoms with Gasteiger partial charge in [-0.15, -0.1) is 0 Å². The molecule has 0 atom stereocenters. The summed E-state index contributed by atoms with van der Waals surface area (Å²) in [6.07, 6.45) is 4.74. The summed E-state index contributed by atoms with van der Waals surface area (Å²) in [7, 11) is 0. The molecular formula is C20H24F3N. The Morgan fingerprint density at radius 3 is 2.33 bits per heavy atom. The maximum atomic E-state index is 13.0. The second-order valence-electron chi connectivity index (χ2n) is 6.10. The van der Waals surface area contributed by atoms with Crippen LogP contribution in [0, 0.1) is 0 Å². The number of alkyl halides is 3. The average molecular weight is 335 g/mol. The Morgan fingerprint density at radius 2 is 1.67 bits per heavy atom. The van der Waals surface area contributed by atoms with E-state index in [0.717, 1.165) is 42.1 Å². The predicted molar refractivity (Wildman–Crippen MR) is 91.8 cm³/mol. The summed E-state index contributed by atoms with van der Waals surface area (Å²) in [5, 5.41) is 0. The van der Waals surface area contributed by atoms with Crippen molar-refractivity contribution in [1.29, 1.82) is 0 Å². The third-order valence-corrected chi connectivity index (χ3v) is 4.17. The van der Waals surface area contributed by atoms with Crippen molar-refractivity contribution in [2.45, 2.75) is 58.0 Å². The molecule has 0 bridgehead atoms. The fourth-order valence-corrected chi connectivity index (χ4v) is 2.84. The Balaban J connectivity index is 2.15. The minimum absolute atomic E-state index is 0.580. The smallest absolute Gasteiger partial charge is 0.256 e. The zero-order chi connectivity index (χ0) is 17.4. The summed E-state index contributed by atoms with van der Waals surface area (Å²) in [5.41, 5.74) is 1.69. The fourth-order valence-electron chi connectivity index (χ4n) is 2.84. The molecule has 130 valence electrons. The van der Waals surface area contributed by atoms with E-state index in [1.807, 2.05) is 12.1 Å². The van der Waals surface area contributed by atoms with E-state index < -0.39 is 11.7 Å². The van der Waals surface area contributed by atoms with E-state index in [2.05, 4.69) is 11.9 Å². The second kappa shape index (κ2) is 8.86. The number of nitrogens with zero attached hydrogens (tertiary/aromatic N) is 1. The Hall–Kier alpha value is -1.84. The molecule has 0 fully saturated rings. The van der Waals surface area contributed by atoms with Crippen LogP contribution in [0.15, 0.2) is 42.6 Å². The third-order valence-electron chi connectivity index (χ3n) is 4.17. The Morgan fingerprint density at radius 1 is 0.917 bits per heavy atom. The molecule has 0 saturated carbocycles. The van der Waals surface area contributed by atoms with Gasteiger partial charge in [-0.2, -0.15) is 13.2 Å². The van der Waals surface area contributed by atoms with Gasteiger partial charge < -0.3 is 0 Å². The highest BCUT2D eigenvalue weighted by molar-refractivity contribution is 5.64. The van der Waals surface area contributed by atoms with Crippen LogP contribution in [0.2, 0.25) is 0 Å². The van der Waals surface area contributed by atoms with Crippen LogP contribution in [0.1, 0.15) is 56.6 Å². The molecule has 0 amide bonds. The zero-order valence-electron chi connectivity index (χ0n) is 14.1. The van der Waals surface area contributed by atoms with Gasteiger partial charge in [0.1, 0.15) is 0 Å². The summed E-state index contributed by atoms with van der Waals surface area (Å²) in [6, 6.07) is 9.49. The number of benzene rings is 1. The van der Waals surface area contributed by atoms with Crippen molar-refractivity contribution in [2.75, 3.05) is 0 Å². The number of aryl methyl sites for hydroxylation is 1. The summed E-state index contributed by atoms with van der Waals surface area (Å²) in [4.78, 5) is 4.29. The average Bonchev–Trinajstić information content (AvgIpc) is 2.58. The van der Waals surface area contributed by atoms with Gasteiger partial charge in [0.15, 0.2) is 0 Å². The maximum absolute atomic E-state index is 13.0. The van der Waals surface area contributed by atoms with Crippen molar-refractivity contribution >= 4 is 0 Å². The van der Waals surface area contributed by atoms with Crippen molar-refractivity contribution in [3.05, 3.63) is 53.7 Å². The highest BCUT2D eigenvalue weighted by Crippen LogP contribution is 2.33. The minimum atomic E-state index is -4.31. The van der Waals surface area contributed by atoms with Crippen LogP contribution in [-0.2, 0) is 12.6 Å². The lowest BCUT2D eigenvalue weighted by atomic mass is 9.96. The van der Waals surface area contributed by atoms with Crippen LogP contribution < -0.4 is 0 Å². The highest BCUT2D eigenvalue weighted by atomic mass is 19.4. The maximum Gasteiger partial charge on any atom is 0.416 e. The first kappa shape index (κ1) is 18.5. The number of unbranched alkanes of at least 4 members (excludes halogenated alkanes) is 5. The van der Waals surface area contributed by atoms with Crippen LogP contribution in [0.5, 0.6) is 0 Å². The van der Waals surface area contributed by atoms with Crippen LogP contribution >= 0.6 is 0 Å². The Kier molecular flexibility index (Phi) is 6.83. The number of hydrogen-bond donors (Lipinski definition) is 0. The predicted octanol–water partition coefficient (Wildman–Crippen LogP) is 6.67. The van der Waals surface area contributed by atoms with E-state index in [-0.39, 0.29) is 0 Å².